The van der Waals surface area contributed by atoms with Gasteiger partial charge in [0.2, 0.25) is 5.91 Å². The Morgan fingerprint density at radius 1 is 1.52 bits per heavy atom. The maximum atomic E-state index is 11.2. The molecule has 0 saturated heterocycles. The van der Waals surface area contributed by atoms with E-state index in [9.17, 15) is 14.9 Å². The Kier molecular flexibility index (Phi) is 6.41. The standard InChI is InChI=1S/C13H19N3O5/c1-3-15-10(13(14)17)6-7-21-9-4-5-12(20-2)11(8-9)16(18)19/h4-5,8,10,15H,3,6-7H2,1-2H3,(H2,14,17). The van der Waals surface area contributed by atoms with Gasteiger partial charge in [-0.1, -0.05) is 6.92 Å². The number of rotatable bonds is 9. The maximum Gasteiger partial charge on any atom is 0.314 e. The zero-order chi connectivity index (χ0) is 15.8. The molecule has 0 aliphatic rings. The molecule has 0 bridgehead atoms. The zero-order valence-electron chi connectivity index (χ0n) is 12.0. The van der Waals surface area contributed by atoms with Crippen molar-refractivity contribution in [2.45, 2.75) is 19.4 Å². The molecule has 0 aliphatic carbocycles. The summed E-state index contributed by atoms with van der Waals surface area (Å²) in [6.45, 7) is 2.69. The van der Waals surface area contributed by atoms with E-state index in [-0.39, 0.29) is 18.0 Å². The van der Waals surface area contributed by atoms with Crippen LogP contribution in [-0.4, -0.2) is 37.1 Å². The number of likely N-dealkylation sites (N-methyl/N-ethyl adjacent to an activating group) is 1. The largest absolute Gasteiger partial charge is 0.493 e. The fourth-order valence-electron chi connectivity index (χ4n) is 1.79. The summed E-state index contributed by atoms with van der Waals surface area (Å²) >= 11 is 0. The third-order valence-corrected chi connectivity index (χ3v) is 2.82. The van der Waals surface area contributed by atoms with Gasteiger partial charge in [-0.2, -0.15) is 0 Å². The van der Waals surface area contributed by atoms with E-state index in [4.69, 9.17) is 15.2 Å². The van der Waals surface area contributed by atoms with Crippen LogP contribution in [0.15, 0.2) is 18.2 Å². The van der Waals surface area contributed by atoms with Gasteiger partial charge in [0.1, 0.15) is 5.75 Å². The summed E-state index contributed by atoms with van der Waals surface area (Å²) in [5, 5.41) is 13.8. The number of carbonyl (C=O) groups excluding carboxylic acids is 1. The Bertz CT molecular complexity index is 507. The number of ether oxygens (including phenoxy) is 2. The van der Waals surface area contributed by atoms with E-state index in [0.29, 0.717) is 18.7 Å². The lowest BCUT2D eigenvalue weighted by Crippen LogP contribution is -2.42. The van der Waals surface area contributed by atoms with Crippen LogP contribution in [0.25, 0.3) is 0 Å². The SMILES string of the molecule is CCNC(CCOc1ccc(OC)c([N+](=O)[O-])c1)C(N)=O. The maximum absolute atomic E-state index is 11.2. The van der Waals surface area contributed by atoms with Crippen molar-refractivity contribution in [3.05, 3.63) is 28.3 Å². The molecule has 1 aromatic carbocycles. The van der Waals surface area contributed by atoms with Gasteiger partial charge in [0, 0.05) is 6.42 Å². The Labute approximate surface area is 122 Å². The lowest BCUT2D eigenvalue weighted by Gasteiger charge is -2.14. The molecule has 1 atom stereocenters. The normalized spacial score (nSPS) is 11.7. The van der Waals surface area contributed by atoms with Crippen molar-refractivity contribution in [1.82, 2.24) is 5.32 Å². The predicted molar refractivity (Wildman–Crippen MR) is 76.4 cm³/mol. The molecule has 0 saturated carbocycles. The number of nitrogens with one attached hydrogen (secondary N) is 1. The van der Waals surface area contributed by atoms with Gasteiger partial charge in [-0.3, -0.25) is 14.9 Å². The highest BCUT2D eigenvalue weighted by Gasteiger charge is 2.17. The van der Waals surface area contributed by atoms with Gasteiger partial charge in [-0.25, -0.2) is 0 Å². The molecule has 1 amide bonds. The van der Waals surface area contributed by atoms with Crippen LogP contribution in [0.1, 0.15) is 13.3 Å². The number of nitro benzene ring substituents is 1. The minimum absolute atomic E-state index is 0.162. The summed E-state index contributed by atoms with van der Waals surface area (Å²) in [5.74, 6) is 0.0402. The van der Waals surface area contributed by atoms with Gasteiger partial charge in [0.05, 0.1) is 30.7 Å². The molecule has 1 aromatic rings. The van der Waals surface area contributed by atoms with Crippen LogP contribution in [0.3, 0.4) is 0 Å². The summed E-state index contributed by atoms with van der Waals surface area (Å²) in [6, 6.07) is 3.83. The molecule has 3 N–H and O–H groups in total. The molecular weight excluding hydrogens is 278 g/mol. The van der Waals surface area contributed by atoms with Crippen molar-refractivity contribution >= 4 is 11.6 Å². The van der Waals surface area contributed by atoms with E-state index < -0.39 is 16.9 Å². The molecule has 0 spiro atoms. The predicted octanol–water partition coefficient (Wildman–Crippen LogP) is 0.836. The topological polar surface area (TPSA) is 117 Å². The molecule has 1 unspecified atom stereocenters. The second kappa shape index (κ2) is 8.05. The van der Waals surface area contributed by atoms with Crippen LogP contribution in [0.2, 0.25) is 0 Å². The number of primary amides is 1. The van der Waals surface area contributed by atoms with Crippen molar-refractivity contribution in [2.24, 2.45) is 5.73 Å². The van der Waals surface area contributed by atoms with Crippen LogP contribution < -0.4 is 20.5 Å². The zero-order valence-corrected chi connectivity index (χ0v) is 12.0. The number of hydrogen-bond acceptors (Lipinski definition) is 6. The van der Waals surface area contributed by atoms with Gasteiger partial charge >= 0.3 is 5.69 Å². The highest BCUT2D eigenvalue weighted by molar-refractivity contribution is 5.79. The third-order valence-electron chi connectivity index (χ3n) is 2.82. The first kappa shape index (κ1) is 16.7. The van der Waals surface area contributed by atoms with E-state index in [0.717, 1.165) is 0 Å². The lowest BCUT2D eigenvalue weighted by molar-refractivity contribution is -0.385. The van der Waals surface area contributed by atoms with E-state index in [2.05, 4.69) is 5.32 Å². The van der Waals surface area contributed by atoms with Crippen LogP contribution in [-0.2, 0) is 4.79 Å². The molecule has 0 fully saturated rings. The van der Waals surface area contributed by atoms with Gasteiger partial charge in [0.25, 0.3) is 0 Å². The Morgan fingerprint density at radius 2 is 2.24 bits per heavy atom. The number of carbonyl (C=O) groups is 1. The number of nitrogens with zero attached hydrogens (tertiary/aromatic N) is 1. The fraction of sp³-hybridized carbons (Fsp3) is 0.462. The summed E-state index contributed by atoms with van der Waals surface area (Å²) < 4.78 is 10.3. The number of methoxy groups -OCH3 is 1. The Hall–Kier alpha value is -2.35. The smallest absolute Gasteiger partial charge is 0.314 e. The molecule has 21 heavy (non-hydrogen) atoms. The van der Waals surface area contributed by atoms with E-state index in [1.54, 1.807) is 6.07 Å². The Morgan fingerprint density at radius 3 is 2.76 bits per heavy atom. The van der Waals surface area contributed by atoms with Crippen LogP contribution in [0.4, 0.5) is 5.69 Å². The number of nitrogens with two attached hydrogens (primary N) is 1. The average Bonchev–Trinajstić information content (AvgIpc) is 2.45. The van der Waals surface area contributed by atoms with E-state index >= 15 is 0 Å². The highest BCUT2D eigenvalue weighted by Crippen LogP contribution is 2.30. The quantitative estimate of drug-likeness (QED) is 0.515. The van der Waals surface area contributed by atoms with E-state index in [1.807, 2.05) is 6.92 Å². The van der Waals surface area contributed by atoms with Gasteiger partial charge in [-0.15, -0.1) is 0 Å². The Balaban J connectivity index is 2.65. The molecule has 8 heteroatoms. The molecule has 116 valence electrons. The van der Waals surface area contributed by atoms with Crippen LogP contribution in [0.5, 0.6) is 11.5 Å². The molecular formula is C13H19N3O5. The molecule has 0 aliphatic heterocycles. The minimum Gasteiger partial charge on any atom is -0.493 e. The van der Waals surface area contributed by atoms with Crippen LogP contribution >= 0.6 is 0 Å². The minimum atomic E-state index is -0.545. The second-order valence-electron chi connectivity index (χ2n) is 4.24. The average molecular weight is 297 g/mol. The van der Waals surface area contributed by atoms with Crippen molar-refractivity contribution in [3.8, 4) is 11.5 Å². The van der Waals surface area contributed by atoms with Gasteiger partial charge in [-0.05, 0) is 18.7 Å². The molecule has 0 radical (unpaired) electrons. The summed E-state index contributed by atoms with van der Waals surface area (Å²) in [6.07, 6.45) is 0.378. The number of hydrogen-bond donors (Lipinski definition) is 2. The monoisotopic (exact) mass is 297 g/mol. The molecule has 1 rings (SSSR count). The molecule has 0 aromatic heterocycles. The first-order valence-corrected chi connectivity index (χ1v) is 6.47. The van der Waals surface area contributed by atoms with Gasteiger partial charge in [0.15, 0.2) is 5.75 Å². The highest BCUT2D eigenvalue weighted by atomic mass is 16.6. The second-order valence-corrected chi connectivity index (χ2v) is 4.24. The molecule has 8 nitrogen and oxygen atoms in total. The summed E-state index contributed by atoms with van der Waals surface area (Å²) in [7, 11) is 1.36. The first-order valence-electron chi connectivity index (χ1n) is 6.47. The van der Waals surface area contributed by atoms with Crippen molar-refractivity contribution in [2.75, 3.05) is 20.3 Å². The number of amides is 1. The third kappa shape index (κ3) is 4.92. The summed E-state index contributed by atoms with van der Waals surface area (Å²) in [4.78, 5) is 21.5. The first-order chi connectivity index (χ1) is 9.99. The van der Waals surface area contributed by atoms with Gasteiger partial charge < -0.3 is 20.5 Å². The summed E-state index contributed by atoms with van der Waals surface area (Å²) in [5.41, 5.74) is 5.07. The lowest BCUT2D eigenvalue weighted by atomic mass is 10.2. The fourth-order valence-corrected chi connectivity index (χ4v) is 1.79. The molecule has 0 heterocycles. The van der Waals surface area contributed by atoms with E-state index in [1.165, 1.54) is 19.2 Å². The van der Waals surface area contributed by atoms with Crippen LogP contribution in [0, 0.1) is 10.1 Å². The number of nitro groups is 1. The number of benzene rings is 1. The van der Waals surface area contributed by atoms with Crippen molar-refractivity contribution in [1.29, 1.82) is 0 Å². The van der Waals surface area contributed by atoms with Crippen molar-refractivity contribution in [3.63, 3.8) is 0 Å². The van der Waals surface area contributed by atoms with Crippen molar-refractivity contribution < 1.29 is 19.2 Å².